The van der Waals surface area contributed by atoms with Gasteiger partial charge >= 0.3 is 0 Å². The molecule has 0 atom stereocenters. The molecule has 3 amide bonds. The Labute approximate surface area is 359 Å². The smallest absolute Gasteiger partial charge is 0.266 e. The maximum absolute atomic E-state index is 12.7. The molecule has 0 aromatic heterocycles. The van der Waals surface area contributed by atoms with E-state index in [-0.39, 0.29) is 22.9 Å². The fourth-order valence-electron chi connectivity index (χ4n) is 5.24. The van der Waals surface area contributed by atoms with Crippen LogP contribution in [-0.4, -0.2) is 26.1 Å². The van der Waals surface area contributed by atoms with E-state index in [9.17, 15) is 22.8 Å². The second-order valence-electron chi connectivity index (χ2n) is 12.6. The zero-order chi connectivity index (χ0) is 43.3. The van der Waals surface area contributed by atoms with E-state index in [0.717, 1.165) is 40.7 Å². The zero-order valence-electron chi connectivity index (χ0n) is 32.8. The van der Waals surface area contributed by atoms with E-state index in [4.69, 9.17) is 5.90 Å². The molecule has 6 aromatic carbocycles. The maximum atomic E-state index is 12.7. The van der Waals surface area contributed by atoms with Crippen LogP contribution in [0.4, 0.5) is 11.4 Å². The number of nitrogens with two attached hydrogens (primary N) is 1. The first-order chi connectivity index (χ1) is 29.6. The first-order valence-corrected chi connectivity index (χ1v) is 20.9. The lowest BCUT2D eigenvalue weighted by Crippen LogP contribution is -2.30. The summed E-state index contributed by atoms with van der Waals surface area (Å²) in [5.41, 5.74) is 4.93. The van der Waals surface area contributed by atoms with Gasteiger partial charge in [-0.2, -0.15) is 5.90 Å². The van der Waals surface area contributed by atoms with Crippen molar-refractivity contribution in [2.75, 3.05) is 10.6 Å². The molecule has 0 aliphatic heterocycles. The van der Waals surface area contributed by atoms with E-state index in [1.54, 1.807) is 66.7 Å². The molecule has 6 aromatic rings. The van der Waals surface area contributed by atoms with Gasteiger partial charge in [0, 0.05) is 39.8 Å². The van der Waals surface area contributed by atoms with E-state index >= 15 is 0 Å². The van der Waals surface area contributed by atoms with Crippen LogP contribution < -0.4 is 21.3 Å². The molecule has 0 fully saturated rings. The monoisotopic (exact) mass is 848 g/mol. The number of hydrogen-bond donors (Lipinski definition) is 4. The van der Waals surface area contributed by atoms with Crippen LogP contribution in [0.25, 0.3) is 0 Å². The largest absolute Gasteiger partial charge is 0.321 e. The molecular formula is C48H40N4O7S2. The Kier molecular flexibility index (Phi) is 17.2. The number of para-hydroxylation sites is 2. The molecule has 0 saturated heterocycles. The number of nitrogens with one attached hydrogen (secondary N) is 3. The van der Waals surface area contributed by atoms with E-state index in [0.29, 0.717) is 21.7 Å². The summed E-state index contributed by atoms with van der Waals surface area (Å²) < 4.78 is 32.1. The molecule has 0 aliphatic rings. The van der Waals surface area contributed by atoms with Gasteiger partial charge in [-0.25, -0.2) is 13.1 Å². The van der Waals surface area contributed by atoms with Crippen molar-refractivity contribution < 1.29 is 32.1 Å². The summed E-state index contributed by atoms with van der Waals surface area (Å²) in [6, 6.07) is 46.1. The average Bonchev–Trinajstić information content (AvgIpc) is 3.28. The van der Waals surface area contributed by atoms with E-state index in [2.05, 4.69) is 43.6 Å². The van der Waals surface area contributed by atoms with Crippen molar-refractivity contribution in [1.82, 2.24) is 4.72 Å². The summed E-state index contributed by atoms with van der Waals surface area (Å²) in [6.07, 6.45) is 4.07. The second kappa shape index (κ2) is 23.4. The highest BCUT2D eigenvalue weighted by Crippen LogP contribution is 2.28. The molecular weight excluding hydrogens is 809 g/mol. The lowest BCUT2D eigenvalue weighted by Gasteiger charge is -2.12. The van der Waals surface area contributed by atoms with Crippen molar-refractivity contribution in [3.63, 3.8) is 0 Å². The van der Waals surface area contributed by atoms with Gasteiger partial charge in [0.05, 0.1) is 28.3 Å². The second-order valence-corrected chi connectivity index (χ2v) is 15.0. The third kappa shape index (κ3) is 14.5. The molecule has 13 heteroatoms. The molecule has 0 spiro atoms. The van der Waals surface area contributed by atoms with Crippen molar-refractivity contribution in [1.29, 1.82) is 0 Å². The van der Waals surface area contributed by atoms with Gasteiger partial charge in [-0.1, -0.05) is 103 Å². The third-order valence-electron chi connectivity index (χ3n) is 8.22. The van der Waals surface area contributed by atoms with Crippen molar-refractivity contribution >= 4 is 51.2 Å². The molecule has 61 heavy (non-hydrogen) atoms. The Balaban J connectivity index is 0.000000237. The Morgan fingerprint density at radius 3 is 1.54 bits per heavy atom. The minimum atomic E-state index is -4.16. The van der Waals surface area contributed by atoms with Crippen molar-refractivity contribution in [3.8, 4) is 23.7 Å². The number of carbonyl (C=O) groups is 3. The molecule has 306 valence electrons. The molecule has 5 N–H and O–H groups in total. The van der Waals surface area contributed by atoms with Gasteiger partial charge in [0.1, 0.15) is 4.90 Å². The van der Waals surface area contributed by atoms with Crippen LogP contribution in [0, 0.1) is 23.7 Å². The van der Waals surface area contributed by atoms with E-state index in [1.807, 2.05) is 96.6 Å². The number of hydrogen-bond acceptors (Lipinski definition) is 9. The van der Waals surface area contributed by atoms with Crippen LogP contribution >= 0.6 is 12.0 Å². The van der Waals surface area contributed by atoms with Gasteiger partial charge in [0.2, 0.25) is 5.91 Å². The number of rotatable bonds is 12. The predicted octanol–water partition coefficient (Wildman–Crippen LogP) is 8.67. The normalized spacial score (nSPS) is 10.5. The summed E-state index contributed by atoms with van der Waals surface area (Å²) in [7, 11) is -4.16. The third-order valence-corrected chi connectivity index (χ3v) is 10.3. The molecule has 0 bridgehead atoms. The lowest BCUT2D eigenvalue weighted by molar-refractivity contribution is -0.195. The maximum Gasteiger partial charge on any atom is 0.266 e. The SMILES string of the molecule is CC/C=C/CC(=O)NS(=O)(=O)c1ccccc1NC(=O)c1ccc(C#Cc2ccccc2)cc1.NOOSc1ccccc1NC(=O)c1ccc(C#Cc2ccccc2)cc1. The Morgan fingerprint density at radius 1 is 0.590 bits per heavy atom. The highest BCUT2D eigenvalue weighted by atomic mass is 32.2. The number of amides is 3. The number of allylic oxidation sites excluding steroid dienone is 1. The average molecular weight is 849 g/mol. The van der Waals surface area contributed by atoms with Gasteiger partial charge in [-0.05, 0) is 103 Å². The first kappa shape index (κ1) is 44.9. The van der Waals surface area contributed by atoms with Gasteiger partial charge < -0.3 is 10.6 Å². The van der Waals surface area contributed by atoms with Gasteiger partial charge in [-0.15, -0.1) is 9.32 Å². The Morgan fingerprint density at radius 2 is 1.03 bits per heavy atom. The molecule has 0 radical (unpaired) electrons. The molecule has 0 heterocycles. The number of carbonyl (C=O) groups excluding carboxylic acids is 3. The predicted molar refractivity (Wildman–Crippen MR) is 238 cm³/mol. The Hall–Kier alpha value is -7.23. The summed E-state index contributed by atoms with van der Waals surface area (Å²) >= 11 is 0.911. The Bertz CT molecular complexity index is 2690. The van der Waals surface area contributed by atoms with Crippen molar-refractivity contribution in [2.24, 2.45) is 5.90 Å². The van der Waals surface area contributed by atoms with Gasteiger partial charge in [-0.3, -0.25) is 14.4 Å². The zero-order valence-corrected chi connectivity index (χ0v) is 34.5. The van der Waals surface area contributed by atoms with Crippen LogP contribution in [0.1, 0.15) is 62.7 Å². The summed E-state index contributed by atoms with van der Waals surface area (Å²) in [6.45, 7) is 1.91. The minimum absolute atomic E-state index is 0.0545. The minimum Gasteiger partial charge on any atom is -0.321 e. The van der Waals surface area contributed by atoms with Crippen LogP contribution in [0.5, 0.6) is 0 Å². The molecule has 6 rings (SSSR count). The molecule has 11 nitrogen and oxygen atoms in total. The fraction of sp³-hybridized carbons (Fsp3) is 0.0625. The van der Waals surface area contributed by atoms with Crippen LogP contribution in [0.15, 0.2) is 180 Å². The number of sulfonamides is 1. The quantitative estimate of drug-likeness (QED) is 0.0310. The molecule has 0 aliphatic carbocycles. The summed E-state index contributed by atoms with van der Waals surface area (Å²) in [5, 5.41) is 5.46. The number of benzene rings is 6. The topological polar surface area (TPSA) is 166 Å². The van der Waals surface area contributed by atoms with Crippen LogP contribution in [-0.2, 0) is 24.1 Å². The highest BCUT2D eigenvalue weighted by Gasteiger charge is 2.22. The van der Waals surface area contributed by atoms with E-state index in [1.165, 1.54) is 18.2 Å². The van der Waals surface area contributed by atoms with Crippen LogP contribution in [0.2, 0.25) is 0 Å². The first-order valence-electron chi connectivity index (χ1n) is 18.7. The fourth-order valence-corrected chi connectivity index (χ4v) is 6.85. The van der Waals surface area contributed by atoms with Gasteiger partial charge in [0.25, 0.3) is 21.8 Å². The molecule has 0 unspecified atom stereocenters. The van der Waals surface area contributed by atoms with Gasteiger partial charge in [0.15, 0.2) is 0 Å². The summed E-state index contributed by atoms with van der Waals surface area (Å²) in [4.78, 5) is 41.8. The van der Waals surface area contributed by atoms with Crippen molar-refractivity contribution in [2.45, 2.75) is 29.6 Å². The lowest BCUT2D eigenvalue weighted by atomic mass is 10.1. The number of anilines is 2. The van der Waals surface area contributed by atoms with Crippen LogP contribution in [0.3, 0.4) is 0 Å². The standard InChI is InChI=1S/C27H24N2O4S.C21H16N2O3S/c1-2-3-5-14-26(30)29-34(32,33)25-13-9-8-12-24(25)28-27(31)23-19-17-22(18-20-23)16-15-21-10-6-4-7-11-21;22-25-26-27-20-9-5-4-8-19(20)23-21(24)18-14-12-17(13-15-18)11-10-16-6-2-1-3-7-16/h3-13,17-20H,2,14H2,1H3,(H,28,31)(H,29,30);1-9,12-15H,22H2,(H,23,24)/b5-3+;. The highest BCUT2D eigenvalue weighted by molar-refractivity contribution is 7.94. The molecule has 0 saturated carbocycles. The summed E-state index contributed by atoms with van der Waals surface area (Å²) in [5.74, 6) is 15.7. The van der Waals surface area contributed by atoms with Crippen molar-refractivity contribution in [3.05, 3.63) is 203 Å². The van der Waals surface area contributed by atoms with E-state index < -0.39 is 21.8 Å².